The maximum Gasteiger partial charge on any atom is 0.252 e. The molecule has 0 saturated heterocycles. The third-order valence-corrected chi connectivity index (χ3v) is 16.4. The van der Waals surface area contributed by atoms with Crippen LogP contribution in [0.15, 0.2) is 254 Å². The number of anilines is 3. The standard InChI is InChI=1S/C69H48N3/c1-68(2)58-30-16-12-26-51(58)55-38-36-49(42-62(55)68)71(50-37-39-56-54-29-15-19-33-61(54)69(63(56)43-50)59-31-17-13-27-52(59)53-28-14-18-32-60(53)69)48-35-34-47-40-64(44-20-6-3-7-21-44)72-67(57(47)41-48)65(45-22-8-4-9-23-45)66(70-72)46-24-10-5-11-25-46/h3-43,66H,1-2H3/q+1. The van der Waals surface area contributed by atoms with Crippen molar-refractivity contribution in [1.82, 2.24) is 0 Å². The first-order valence-corrected chi connectivity index (χ1v) is 25.2. The number of aromatic nitrogens is 1. The number of hydrogen-bond acceptors (Lipinski definition) is 2. The van der Waals surface area contributed by atoms with Gasteiger partial charge in [-0.2, -0.15) is 0 Å². The molecule has 1 atom stereocenters. The van der Waals surface area contributed by atoms with E-state index in [-0.39, 0.29) is 11.5 Å². The number of hydrogen-bond donors (Lipinski definition) is 0. The summed E-state index contributed by atoms with van der Waals surface area (Å²) in [6.45, 7) is 4.76. The molecular weight excluding hydrogens is 871 g/mol. The Morgan fingerprint density at radius 1 is 0.389 bits per heavy atom. The summed E-state index contributed by atoms with van der Waals surface area (Å²) >= 11 is 0. The van der Waals surface area contributed by atoms with Crippen LogP contribution in [0.3, 0.4) is 0 Å². The summed E-state index contributed by atoms with van der Waals surface area (Å²) in [6.07, 6.45) is 0. The minimum absolute atomic E-state index is 0.184. The van der Waals surface area contributed by atoms with E-state index >= 15 is 0 Å². The molecule has 10 aromatic carbocycles. The predicted molar refractivity (Wildman–Crippen MR) is 294 cm³/mol. The number of rotatable bonds is 6. The second-order valence-corrected chi connectivity index (χ2v) is 20.4. The normalized spacial score (nSPS) is 15.5. The Labute approximate surface area is 419 Å². The van der Waals surface area contributed by atoms with Crippen molar-refractivity contribution in [2.24, 2.45) is 5.11 Å². The zero-order valence-corrected chi connectivity index (χ0v) is 40.1. The SMILES string of the molecule is CC1(C)c2ccccc2-c2ccc(N(c3ccc4c(c3)C3(c5ccccc5-c5ccccc53)c3ccccc3-4)c3ccc4cc(-c5ccccc5)[n+]5c(c4c3)=C(c3ccccc3)C(c3ccccc3)N=5)cc21. The van der Waals surface area contributed by atoms with Gasteiger partial charge in [0.25, 0.3) is 5.35 Å². The quantitative estimate of drug-likeness (QED) is 0.152. The Morgan fingerprint density at radius 2 is 0.833 bits per heavy atom. The van der Waals surface area contributed by atoms with E-state index in [0.29, 0.717) is 0 Å². The largest absolute Gasteiger partial charge is 0.310 e. The topological polar surface area (TPSA) is 21.5 Å². The van der Waals surface area contributed by atoms with Crippen molar-refractivity contribution in [1.29, 1.82) is 0 Å². The summed E-state index contributed by atoms with van der Waals surface area (Å²) in [5.41, 5.74) is 24.2. The van der Waals surface area contributed by atoms with E-state index in [4.69, 9.17) is 5.11 Å². The first kappa shape index (κ1) is 40.9. The molecule has 1 aromatic heterocycles. The van der Waals surface area contributed by atoms with Crippen molar-refractivity contribution in [3.8, 4) is 44.6 Å². The molecule has 2 heterocycles. The third kappa shape index (κ3) is 5.62. The fourth-order valence-corrected chi connectivity index (χ4v) is 13.2. The van der Waals surface area contributed by atoms with Crippen LogP contribution >= 0.6 is 0 Å². The molecule has 11 aromatic rings. The molecule has 3 nitrogen and oxygen atoms in total. The van der Waals surface area contributed by atoms with Crippen LogP contribution < -0.4 is 14.6 Å². The minimum atomic E-state index is -0.482. The Kier molecular flexibility index (Phi) is 8.69. The smallest absolute Gasteiger partial charge is 0.252 e. The second kappa shape index (κ2) is 15.3. The molecule has 1 unspecified atom stereocenters. The summed E-state index contributed by atoms with van der Waals surface area (Å²) in [5.74, 6) is 0. The molecule has 72 heavy (non-hydrogen) atoms. The van der Waals surface area contributed by atoms with Gasteiger partial charge < -0.3 is 4.90 Å². The Hall–Kier alpha value is -8.92. The molecule has 0 amide bonds. The van der Waals surface area contributed by atoms with E-state index in [0.717, 1.165) is 55.6 Å². The molecule has 0 radical (unpaired) electrons. The van der Waals surface area contributed by atoms with Crippen molar-refractivity contribution < 1.29 is 4.36 Å². The van der Waals surface area contributed by atoms with Gasteiger partial charge >= 0.3 is 0 Å². The van der Waals surface area contributed by atoms with Gasteiger partial charge in [-0.15, -0.1) is 0 Å². The maximum atomic E-state index is 5.67. The Morgan fingerprint density at radius 3 is 1.43 bits per heavy atom. The number of pyridine rings is 1. The second-order valence-electron chi connectivity index (χ2n) is 20.4. The Bertz CT molecular complexity index is 4130. The van der Waals surface area contributed by atoms with E-state index < -0.39 is 5.41 Å². The predicted octanol–water partition coefficient (Wildman–Crippen LogP) is 15.9. The van der Waals surface area contributed by atoms with Crippen molar-refractivity contribution in [2.45, 2.75) is 30.7 Å². The highest BCUT2D eigenvalue weighted by atomic mass is 15.2. The van der Waals surface area contributed by atoms with Gasteiger partial charge in [0.05, 0.1) is 16.4 Å². The lowest BCUT2D eigenvalue weighted by Crippen LogP contribution is -2.38. The van der Waals surface area contributed by atoms with E-state index in [9.17, 15) is 0 Å². The lowest BCUT2D eigenvalue weighted by Gasteiger charge is -2.32. The number of nitrogens with zero attached hydrogens (tertiary/aromatic N) is 3. The molecule has 0 fully saturated rings. The molecule has 338 valence electrons. The van der Waals surface area contributed by atoms with Gasteiger partial charge in [0.2, 0.25) is 5.69 Å². The van der Waals surface area contributed by atoms with Crippen molar-refractivity contribution in [2.75, 3.05) is 4.90 Å². The van der Waals surface area contributed by atoms with Crippen LogP contribution in [0.4, 0.5) is 17.1 Å². The first-order valence-electron chi connectivity index (χ1n) is 25.2. The summed E-state index contributed by atoms with van der Waals surface area (Å²) in [5, 5.41) is 9.10. The highest BCUT2D eigenvalue weighted by molar-refractivity contribution is 5.98. The summed E-state index contributed by atoms with van der Waals surface area (Å²) < 4.78 is 2.24. The zero-order chi connectivity index (χ0) is 47.7. The lowest BCUT2D eigenvalue weighted by molar-refractivity contribution is -0.546. The molecule has 3 heteroatoms. The molecule has 0 bridgehead atoms. The molecule has 0 saturated carbocycles. The van der Waals surface area contributed by atoms with Gasteiger partial charge in [-0.25, -0.2) is 0 Å². The highest BCUT2D eigenvalue weighted by Gasteiger charge is 2.52. The lowest BCUT2D eigenvalue weighted by atomic mass is 9.70. The van der Waals surface area contributed by atoms with Gasteiger partial charge in [-0.3, -0.25) is 0 Å². The van der Waals surface area contributed by atoms with Crippen LogP contribution in [0.5, 0.6) is 0 Å². The van der Waals surface area contributed by atoms with Gasteiger partial charge in [-0.1, -0.05) is 208 Å². The van der Waals surface area contributed by atoms with Crippen molar-refractivity contribution in [3.05, 3.63) is 299 Å². The zero-order valence-electron chi connectivity index (χ0n) is 40.1. The summed E-state index contributed by atoms with van der Waals surface area (Å²) in [6, 6.07) is 92.3. The molecule has 1 aliphatic heterocycles. The van der Waals surface area contributed by atoms with Gasteiger partial charge in [-0.05, 0) is 141 Å². The highest BCUT2D eigenvalue weighted by Crippen LogP contribution is 2.63. The van der Waals surface area contributed by atoms with Gasteiger partial charge in [0.15, 0.2) is 6.04 Å². The van der Waals surface area contributed by atoms with E-state index in [1.165, 1.54) is 72.3 Å². The van der Waals surface area contributed by atoms with Crippen molar-refractivity contribution in [3.63, 3.8) is 0 Å². The fourth-order valence-electron chi connectivity index (χ4n) is 13.2. The molecule has 15 rings (SSSR count). The molecule has 1 spiro atoms. The molecule has 4 aliphatic rings. The average Bonchev–Trinajstić information content (AvgIpc) is 4.14. The maximum absolute atomic E-state index is 5.67. The molecular formula is C69H48N3+. The Balaban J connectivity index is 1.03. The molecule has 3 aliphatic carbocycles. The van der Waals surface area contributed by atoms with Crippen LogP contribution in [-0.2, 0) is 10.8 Å². The first-order chi connectivity index (χ1) is 35.5. The van der Waals surface area contributed by atoms with Crippen LogP contribution in [0, 0.1) is 0 Å². The van der Waals surface area contributed by atoms with E-state index in [2.05, 4.69) is 272 Å². The van der Waals surface area contributed by atoms with Crippen LogP contribution in [0.1, 0.15) is 64.4 Å². The van der Waals surface area contributed by atoms with Crippen LogP contribution in [0.25, 0.3) is 61.0 Å². The van der Waals surface area contributed by atoms with Gasteiger partial charge in [0, 0.05) is 34.1 Å². The van der Waals surface area contributed by atoms with Gasteiger partial charge in [0.1, 0.15) is 0 Å². The average molecular weight is 919 g/mol. The van der Waals surface area contributed by atoms with Crippen molar-refractivity contribution >= 4 is 33.4 Å². The summed E-state index contributed by atoms with van der Waals surface area (Å²) in [4.78, 5) is 2.52. The number of benzene rings is 10. The summed E-state index contributed by atoms with van der Waals surface area (Å²) in [7, 11) is 0. The van der Waals surface area contributed by atoms with Crippen LogP contribution in [0.2, 0.25) is 0 Å². The third-order valence-electron chi connectivity index (χ3n) is 16.4. The van der Waals surface area contributed by atoms with E-state index in [1.807, 2.05) is 0 Å². The number of fused-ring (bicyclic) bond motifs is 16. The van der Waals surface area contributed by atoms with E-state index in [1.54, 1.807) is 0 Å². The minimum Gasteiger partial charge on any atom is -0.310 e. The fraction of sp³-hybridized carbons (Fsp3) is 0.0725. The molecule has 0 N–H and O–H groups in total. The van der Waals surface area contributed by atoms with Crippen LogP contribution in [-0.4, -0.2) is 0 Å². The monoisotopic (exact) mass is 918 g/mol.